The molecule has 0 heterocycles. The molecule has 29 heavy (non-hydrogen) atoms. The van der Waals surface area contributed by atoms with Crippen molar-refractivity contribution >= 4 is 11.7 Å². The lowest BCUT2D eigenvalue weighted by Gasteiger charge is -2.27. The SMILES string of the molecule is COc1ccc(NC2(C(=O)O)Cc3ccccc3C2)cc1Oc1ccccc1C. The number of fused-ring (bicyclic) bond motifs is 1. The summed E-state index contributed by atoms with van der Waals surface area (Å²) >= 11 is 0. The number of hydrogen-bond acceptors (Lipinski definition) is 4. The Morgan fingerprint density at radius 3 is 2.21 bits per heavy atom. The lowest BCUT2D eigenvalue weighted by molar-refractivity contribution is -0.142. The molecule has 0 atom stereocenters. The number of methoxy groups -OCH3 is 1. The third kappa shape index (κ3) is 3.63. The number of anilines is 1. The normalized spacial score (nSPS) is 14.1. The first-order chi connectivity index (χ1) is 14.0. The third-order valence-corrected chi connectivity index (χ3v) is 5.37. The molecule has 0 aliphatic heterocycles. The summed E-state index contributed by atoms with van der Waals surface area (Å²) in [6, 6.07) is 21.0. The van der Waals surface area contributed by atoms with Crippen LogP contribution in [0.3, 0.4) is 0 Å². The number of aryl methyl sites for hydroxylation is 1. The summed E-state index contributed by atoms with van der Waals surface area (Å²) in [5.41, 5.74) is 2.71. The van der Waals surface area contributed by atoms with Crippen LogP contribution in [-0.4, -0.2) is 23.7 Å². The molecular weight excluding hydrogens is 366 g/mol. The Bertz CT molecular complexity index is 1040. The third-order valence-electron chi connectivity index (χ3n) is 5.37. The lowest BCUT2D eigenvalue weighted by atomic mass is 9.95. The van der Waals surface area contributed by atoms with Gasteiger partial charge < -0.3 is 19.9 Å². The number of nitrogens with one attached hydrogen (secondary N) is 1. The van der Waals surface area contributed by atoms with E-state index in [1.165, 1.54) is 0 Å². The van der Waals surface area contributed by atoms with E-state index in [2.05, 4.69) is 5.32 Å². The minimum absolute atomic E-state index is 0.429. The molecule has 0 spiro atoms. The molecule has 0 radical (unpaired) electrons. The Hall–Kier alpha value is -3.47. The monoisotopic (exact) mass is 389 g/mol. The van der Waals surface area contributed by atoms with Gasteiger partial charge in [-0.25, -0.2) is 4.79 Å². The Morgan fingerprint density at radius 2 is 1.59 bits per heavy atom. The van der Waals surface area contributed by atoms with Gasteiger partial charge in [-0.15, -0.1) is 0 Å². The van der Waals surface area contributed by atoms with Gasteiger partial charge in [0.1, 0.15) is 11.3 Å². The number of hydrogen-bond donors (Lipinski definition) is 2. The van der Waals surface area contributed by atoms with Crippen LogP contribution >= 0.6 is 0 Å². The highest BCUT2D eigenvalue weighted by Crippen LogP contribution is 2.38. The van der Waals surface area contributed by atoms with Crippen LogP contribution < -0.4 is 14.8 Å². The number of aliphatic carboxylic acids is 1. The van der Waals surface area contributed by atoms with Crippen molar-refractivity contribution in [2.24, 2.45) is 0 Å². The summed E-state index contributed by atoms with van der Waals surface area (Å²) < 4.78 is 11.5. The number of carboxylic acids is 1. The molecular formula is C24H23NO4. The Balaban J connectivity index is 1.65. The predicted octanol–water partition coefficient (Wildman–Crippen LogP) is 4.83. The molecule has 1 aliphatic rings. The van der Waals surface area contributed by atoms with Crippen molar-refractivity contribution in [2.45, 2.75) is 25.3 Å². The molecule has 0 aromatic heterocycles. The molecule has 1 aliphatic carbocycles. The van der Waals surface area contributed by atoms with Gasteiger partial charge in [0.05, 0.1) is 7.11 Å². The van der Waals surface area contributed by atoms with E-state index in [4.69, 9.17) is 9.47 Å². The standard InChI is InChI=1S/C24H23NO4/c1-16-7-3-6-10-20(16)29-22-13-19(11-12-21(22)28-2)25-24(23(26)27)14-17-8-4-5-9-18(17)15-24/h3-13,25H,14-15H2,1-2H3,(H,26,27). The summed E-state index contributed by atoms with van der Waals surface area (Å²) in [7, 11) is 1.58. The summed E-state index contributed by atoms with van der Waals surface area (Å²) in [5.74, 6) is 0.968. The van der Waals surface area contributed by atoms with Crippen LogP contribution in [0.2, 0.25) is 0 Å². The molecule has 148 valence electrons. The van der Waals surface area contributed by atoms with Crippen molar-refractivity contribution in [3.05, 3.63) is 83.4 Å². The van der Waals surface area contributed by atoms with Crippen LogP contribution in [0.15, 0.2) is 66.7 Å². The number of rotatable bonds is 6. The van der Waals surface area contributed by atoms with Gasteiger partial charge in [-0.3, -0.25) is 0 Å². The maximum Gasteiger partial charge on any atom is 0.330 e. The lowest BCUT2D eigenvalue weighted by Crippen LogP contribution is -2.47. The zero-order valence-electron chi connectivity index (χ0n) is 16.4. The van der Waals surface area contributed by atoms with E-state index >= 15 is 0 Å². The summed E-state index contributed by atoms with van der Waals surface area (Å²) in [5, 5.41) is 13.3. The first-order valence-electron chi connectivity index (χ1n) is 9.51. The number of ether oxygens (including phenoxy) is 2. The smallest absolute Gasteiger partial charge is 0.330 e. The Kier molecular flexibility index (Phi) is 4.89. The van der Waals surface area contributed by atoms with Crippen LogP contribution in [0.25, 0.3) is 0 Å². The minimum Gasteiger partial charge on any atom is -0.493 e. The minimum atomic E-state index is -1.09. The van der Waals surface area contributed by atoms with Gasteiger partial charge >= 0.3 is 5.97 Å². The highest BCUT2D eigenvalue weighted by atomic mass is 16.5. The van der Waals surface area contributed by atoms with Gasteiger partial charge in [0.2, 0.25) is 0 Å². The quantitative estimate of drug-likeness (QED) is 0.632. The maximum atomic E-state index is 12.2. The number of para-hydroxylation sites is 1. The second-order valence-corrected chi connectivity index (χ2v) is 7.37. The molecule has 0 saturated heterocycles. The van der Waals surface area contributed by atoms with Gasteiger partial charge in [0, 0.05) is 24.6 Å². The van der Waals surface area contributed by atoms with E-state index in [0.29, 0.717) is 30.0 Å². The largest absolute Gasteiger partial charge is 0.493 e. The summed E-state index contributed by atoms with van der Waals surface area (Å²) in [4.78, 5) is 12.2. The first-order valence-corrected chi connectivity index (χ1v) is 9.51. The van der Waals surface area contributed by atoms with Gasteiger partial charge in [0.15, 0.2) is 11.5 Å². The molecule has 0 unspecified atom stereocenters. The van der Waals surface area contributed by atoms with Crippen molar-refractivity contribution in [1.82, 2.24) is 0 Å². The summed E-state index contributed by atoms with van der Waals surface area (Å²) in [6.07, 6.45) is 0.858. The fourth-order valence-corrected chi connectivity index (χ4v) is 3.81. The maximum absolute atomic E-state index is 12.2. The van der Waals surface area contributed by atoms with E-state index < -0.39 is 11.5 Å². The zero-order chi connectivity index (χ0) is 20.4. The molecule has 4 rings (SSSR count). The van der Waals surface area contributed by atoms with E-state index in [1.807, 2.05) is 61.5 Å². The first kappa shape index (κ1) is 18.9. The molecule has 3 aromatic carbocycles. The van der Waals surface area contributed by atoms with Gasteiger partial charge in [-0.2, -0.15) is 0 Å². The van der Waals surface area contributed by atoms with E-state index in [0.717, 1.165) is 22.4 Å². The molecule has 0 fully saturated rings. The van der Waals surface area contributed by atoms with Crippen molar-refractivity contribution in [3.8, 4) is 17.2 Å². The zero-order valence-corrected chi connectivity index (χ0v) is 16.4. The summed E-state index contributed by atoms with van der Waals surface area (Å²) in [6.45, 7) is 1.97. The van der Waals surface area contributed by atoms with Gasteiger partial charge in [0.25, 0.3) is 0 Å². The van der Waals surface area contributed by atoms with Crippen molar-refractivity contribution in [1.29, 1.82) is 0 Å². The second-order valence-electron chi connectivity index (χ2n) is 7.37. The number of benzene rings is 3. The molecule has 0 saturated carbocycles. The molecule has 0 bridgehead atoms. The molecule has 5 nitrogen and oxygen atoms in total. The van der Waals surface area contributed by atoms with Crippen LogP contribution in [0.4, 0.5) is 5.69 Å². The Labute approximate surface area is 169 Å². The highest BCUT2D eigenvalue weighted by Gasteiger charge is 2.44. The second kappa shape index (κ2) is 7.51. The van der Waals surface area contributed by atoms with E-state index in [9.17, 15) is 9.90 Å². The number of carbonyl (C=O) groups is 1. The predicted molar refractivity (Wildman–Crippen MR) is 112 cm³/mol. The fourth-order valence-electron chi connectivity index (χ4n) is 3.81. The topological polar surface area (TPSA) is 67.8 Å². The molecule has 2 N–H and O–H groups in total. The van der Waals surface area contributed by atoms with Crippen LogP contribution in [0, 0.1) is 6.92 Å². The molecule has 5 heteroatoms. The van der Waals surface area contributed by atoms with Crippen LogP contribution in [0.1, 0.15) is 16.7 Å². The Morgan fingerprint density at radius 1 is 0.931 bits per heavy atom. The van der Waals surface area contributed by atoms with Gasteiger partial charge in [-0.1, -0.05) is 42.5 Å². The van der Waals surface area contributed by atoms with Crippen molar-refractivity contribution in [3.63, 3.8) is 0 Å². The molecule has 0 amide bonds. The van der Waals surface area contributed by atoms with Crippen LogP contribution in [0.5, 0.6) is 17.2 Å². The number of carboxylic acid groups (broad SMARTS) is 1. The van der Waals surface area contributed by atoms with E-state index in [1.54, 1.807) is 19.2 Å². The highest BCUT2D eigenvalue weighted by molar-refractivity contribution is 5.85. The molecule has 3 aromatic rings. The van der Waals surface area contributed by atoms with Crippen molar-refractivity contribution in [2.75, 3.05) is 12.4 Å². The average molecular weight is 389 g/mol. The van der Waals surface area contributed by atoms with Gasteiger partial charge in [-0.05, 0) is 41.8 Å². The van der Waals surface area contributed by atoms with Crippen LogP contribution in [-0.2, 0) is 17.6 Å². The van der Waals surface area contributed by atoms with Crippen molar-refractivity contribution < 1.29 is 19.4 Å². The van der Waals surface area contributed by atoms with E-state index in [-0.39, 0.29) is 0 Å². The average Bonchev–Trinajstić information content (AvgIpc) is 3.09. The fraction of sp³-hybridized carbons (Fsp3) is 0.208.